The first-order valence-electron chi connectivity index (χ1n) is 7.91. The Hall–Kier alpha value is -1.69. The zero-order chi connectivity index (χ0) is 16.5. The fraction of sp³-hybridized carbons (Fsp3) is 0.688. The quantitative estimate of drug-likeness (QED) is 0.427. The van der Waals surface area contributed by atoms with Crippen LogP contribution in [0.25, 0.3) is 0 Å². The van der Waals surface area contributed by atoms with E-state index in [9.17, 15) is 0 Å². The highest BCUT2D eigenvalue weighted by atomic mass is 15.3. The van der Waals surface area contributed by atoms with Crippen LogP contribution in [0.4, 0.5) is 0 Å². The Kier molecular flexibility index (Phi) is 7.80. The number of likely N-dealkylation sites (N-methyl/N-ethyl adjacent to an activating group) is 1. The molecule has 1 atom stereocenters. The van der Waals surface area contributed by atoms with E-state index in [4.69, 9.17) is 5.41 Å². The Balaban J connectivity index is 2.60. The summed E-state index contributed by atoms with van der Waals surface area (Å²) < 4.78 is 0. The third-order valence-corrected chi connectivity index (χ3v) is 4.14. The van der Waals surface area contributed by atoms with E-state index in [1.807, 2.05) is 0 Å². The van der Waals surface area contributed by atoms with E-state index in [-0.39, 0.29) is 0 Å². The van der Waals surface area contributed by atoms with Gasteiger partial charge in [-0.2, -0.15) is 5.10 Å². The maximum Gasteiger partial charge on any atom is 0.138 e. The third kappa shape index (κ3) is 5.97. The SMILES string of the molecule is C=C(C=N)C(=N/C=N\NCC(C)C(C)C)N1CCN(C)CC1. The summed E-state index contributed by atoms with van der Waals surface area (Å²) >= 11 is 0. The molecule has 1 rings (SSSR count). The Labute approximate surface area is 134 Å². The lowest BCUT2D eigenvalue weighted by Gasteiger charge is -2.34. The Bertz CT molecular complexity index is 418. The van der Waals surface area contributed by atoms with Crippen molar-refractivity contribution in [2.45, 2.75) is 20.8 Å². The molecule has 0 saturated carbocycles. The Morgan fingerprint density at radius 2 is 1.91 bits per heavy atom. The van der Waals surface area contributed by atoms with E-state index >= 15 is 0 Å². The molecule has 0 spiro atoms. The number of rotatable bonds is 7. The summed E-state index contributed by atoms with van der Waals surface area (Å²) in [6.07, 6.45) is 2.77. The minimum absolute atomic E-state index is 0.565. The van der Waals surface area contributed by atoms with Crippen molar-refractivity contribution >= 4 is 18.4 Å². The molecule has 0 aromatic carbocycles. The van der Waals surface area contributed by atoms with Gasteiger partial charge in [-0.25, -0.2) is 4.99 Å². The number of hydrazone groups is 1. The zero-order valence-electron chi connectivity index (χ0n) is 14.3. The number of amidine groups is 1. The van der Waals surface area contributed by atoms with Gasteiger partial charge in [-0.3, -0.25) is 0 Å². The first kappa shape index (κ1) is 18.4. The molecule has 1 fully saturated rings. The van der Waals surface area contributed by atoms with Crippen LogP contribution >= 0.6 is 0 Å². The van der Waals surface area contributed by atoms with Crippen LogP contribution in [0.1, 0.15) is 20.8 Å². The molecule has 0 amide bonds. The predicted molar refractivity (Wildman–Crippen MR) is 94.9 cm³/mol. The molecule has 1 unspecified atom stereocenters. The van der Waals surface area contributed by atoms with Gasteiger partial charge in [0.1, 0.15) is 12.2 Å². The molecule has 6 nitrogen and oxygen atoms in total. The lowest BCUT2D eigenvalue weighted by Crippen LogP contribution is -2.47. The maximum atomic E-state index is 7.41. The van der Waals surface area contributed by atoms with Gasteiger partial charge in [0.2, 0.25) is 0 Å². The van der Waals surface area contributed by atoms with Crippen molar-refractivity contribution in [2.24, 2.45) is 21.9 Å². The topological polar surface area (TPSA) is 67.1 Å². The highest BCUT2D eigenvalue weighted by Gasteiger charge is 2.18. The monoisotopic (exact) mass is 306 g/mol. The normalized spacial score (nSPS) is 18.8. The molecule has 22 heavy (non-hydrogen) atoms. The highest BCUT2D eigenvalue weighted by Crippen LogP contribution is 2.07. The van der Waals surface area contributed by atoms with Crippen molar-refractivity contribution in [3.8, 4) is 0 Å². The van der Waals surface area contributed by atoms with E-state index in [0.717, 1.165) is 38.6 Å². The number of nitrogens with one attached hydrogen (secondary N) is 2. The van der Waals surface area contributed by atoms with Crippen molar-refractivity contribution in [3.63, 3.8) is 0 Å². The molecule has 1 aliphatic heterocycles. The van der Waals surface area contributed by atoms with Crippen LogP contribution in [0.2, 0.25) is 0 Å². The molecule has 6 heteroatoms. The summed E-state index contributed by atoms with van der Waals surface area (Å²) in [6.45, 7) is 15.1. The van der Waals surface area contributed by atoms with Gasteiger partial charge in [0.25, 0.3) is 0 Å². The molecule has 1 aliphatic rings. The maximum absolute atomic E-state index is 7.41. The van der Waals surface area contributed by atoms with Crippen LogP contribution in [0, 0.1) is 17.2 Å². The van der Waals surface area contributed by atoms with Crippen LogP contribution in [-0.4, -0.2) is 68.0 Å². The molecule has 2 N–H and O–H groups in total. The van der Waals surface area contributed by atoms with Gasteiger partial charge in [-0.15, -0.1) is 0 Å². The van der Waals surface area contributed by atoms with Crippen LogP contribution in [0.15, 0.2) is 22.2 Å². The summed E-state index contributed by atoms with van der Waals surface area (Å²) in [5.41, 5.74) is 3.65. The van der Waals surface area contributed by atoms with Gasteiger partial charge in [-0.05, 0) is 18.9 Å². The van der Waals surface area contributed by atoms with Crippen LogP contribution in [0.5, 0.6) is 0 Å². The molecular formula is C16H30N6. The standard InChI is InChI=1S/C16H30N6/c1-13(2)15(4)11-19-20-12-18-16(14(3)10-17)22-8-6-21(5)7-9-22/h10,12-13,15,17,19H,3,6-9,11H2,1-2,4-5H3/b17-10?,18-16?,20-12-. The highest BCUT2D eigenvalue weighted by molar-refractivity contribution is 6.15. The summed E-state index contributed by atoms with van der Waals surface area (Å²) in [4.78, 5) is 8.85. The van der Waals surface area contributed by atoms with Gasteiger partial charge in [0.05, 0.1) is 0 Å². The number of piperazine rings is 1. The number of nitrogens with zero attached hydrogens (tertiary/aromatic N) is 4. The van der Waals surface area contributed by atoms with Crippen molar-refractivity contribution in [2.75, 3.05) is 39.8 Å². The predicted octanol–water partition coefficient (Wildman–Crippen LogP) is 1.66. The molecule has 1 saturated heterocycles. The average molecular weight is 306 g/mol. The van der Waals surface area contributed by atoms with Crippen LogP contribution in [-0.2, 0) is 0 Å². The van der Waals surface area contributed by atoms with Crippen molar-refractivity contribution < 1.29 is 0 Å². The minimum Gasteiger partial charge on any atom is -0.353 e. The fourth-order valence-corrected chi connectivity index (χ4v) is 2.01. The molecule has 0 aliphatic carbocycles. The molecular weight excluding hydrogens is 276 g/mol. The van der Waals surface area contributed by atoms with Gasteiger partial charge in [-0.1, -0.05) is 27.4 Å². The number of hydrogen-bond acceptors (Lipinski definition) is 4. The third-order valence-electron chi connectivity index (χ3n) is 4.14. The van der Waals surface area contributed by atoms with Gasteiger partial charge in [0.15, 0.2) is 0 Å². The lowest BCUT2D eigenvalue weighted by molar-refractivity contribution is 0.216. The molecule has 124 valence electrons. The van der Waals surface area contributed by atoms with Gasteiger partial charge >= 0.3 is 0 Å². The van der Waals surface area contributed by atoms with E-state index in [0.29, 0.717) is 17.4 Å². The molecule has 0 aromatic rings. The van der Waals surface area contributed by atoms with E-state index < -0.39 is 0 Å². The second-order valence-corrected chi connectivity index (χ2v) is 6.24. The summed E-state index contributed by atoms with van der Waals surface area (Å²) in [7, 11) is 2.11. The second-order valence-electron chi connectivity index (χ2n) is 6.24. The molecule has 0 aromatic heterocycles. The van der Waals surface area contributed by atoms with E-state index in [1.54, 1.807) is 0 Å². The van der Waals surface area contributed by atoms with Crippen molar-refractivity contribution in [1.82, 2.24) is 15.2 Å². The molecule has 1 heterocycles. The first-order chi connectivity index (χ1) is 10.5. The van der Waals surface area contributed by atoms with Crippen molar-refractivity contribution in [3.05, 3.63) is 12.2 Å². The summed E-state index contributed by atoms with van der Waals surface area (Å²) in [5.74, 6) is 1.94. The lowest BCUT2D eigenvalue weighted by atomic mass is 9.99. The molecule has 0 radical (unpaired) electrons. The average Bonchev–Trinajstić information content (AvgIpc) is 2.51. The van der Waals surface area contributed by atoms with Gasteiger partial charge in [0, 0.05) is 44.5 Å². The molecule has 0 bridgehead atoms. The number of hydrogen-bond donors (Lipinski definition) is 2. The van der Waals surface area contributed by atoms with Gasteiger partial charge < -0.3 is 20.6 Å². The van der Waals surface area contributed by atoms with E-state index in [1.165, 1.54) is 12.6 Å². The fourth-order valence-electron chi connectivity index (χ4n) is 2.01. The van der Waals surface area contributed by atoms with Crippen LogP contribution in [0.3, 0.4) is 0 Å². The zero-order valence-corrected chi connectivity index (χ0v) is 14.3. The smallest absolute Gasteiger partial charge is 0.138 e. The minimum atomic E-state index is 0.565. The first-order valence-corrected chi connectivity index (χ1v) is 7.91. The Morgan fingerprint density at radius 1 is 1.27 bits per heavy atom. The van der Waals surface area contributed by atoms with Crippen LogP contribution < -0.4 is 5.43 Å². The van der Waals surface area contributed by atoms with Crippen molar-refractivity contribution in [1.29, 1.82) is 5.41 Å². The Morgan fingerprint density at radius 3 is 2.45 bits per heavy atom. The largest absolute Gasteiger partial charge is 0.353 e. The summed E-state index contributed by atoms with van der Waals surface area (Å²) in [6, 6.07) is 0. The summed E-state index contributed by atoms with van der Waals surface area (Å²) in [5, 5.41) is 11.6. The van der Waals surface area contributed by atoms with E-state index in [2.05, 4.69) is 59.7 Å². The second kappa shape index (κ2) is 9.35. The number of aliphatic imine (C=N–C) groups is 1.